The summed E-state index contributed by atoms with van der Waals surface area (Å²) >= 11 is 5.08. The summed E-state index contributed by atoms with van der Waals surface area (Å²) in [6.07, 6.45) is 2.87. The first-order valence-electron chi connectivity index (χ1n) is 5.93. The average Bonchev–Trinajstić information content (AvgIpc) is 2.15. The van der Waals surface area contributed by atoms with Crippen molar-refractivity contribution in [1.29, 1.82) is 0 Å². The van der Waals surface area contributed by atoms with Crippen LogP contribution in [0.2, 0.25) is 0 Å². The average molecular weight is 251 g/mol. The smallest absolute Gasteiger partial charge is 0.136 e. The van der Waals surface area contributed by atoms with Crippen molar-refractivity contribution < 1.29 is 0 Å². The summed E-state index contributed by atoms with van der Waals surface area (Å²) in [6, 6.07) is 2.28. The molecule has 3 nitrogen and oxygen atoms in total. The molecule has 4 heteroatoms. The van der Waals surface area contributed by atoms with E-state index in [0.29, 0.717) is 16.9 Å². The highest BCUT2D eigenvalue weighted by Crippen LogP contribution is 2.18. The lowest BCUT2D eigenvalue weighted by Crippen LogP contribution is -2.22. The molecule has 0 aliphatic rings. The molecule has 1 heterocycles. The molecule has 0 aromatic carbocycles. The molecule has 1 rings (SSSR count). The topological polar surface area (TPSA) is 50.9 Å². The SMILES string of the molecule is Cc1ccnc(NC(C)CC(C)C)c1C(N)=S. The molecule has 0 radical (unpaired) electrons. The lowest BCUT2D eigenvalue weighted by atomic mass is 10.0. The van der Waals surface area contributed by atoms with E-state index in [4.69, 9.17) is 18.0 Å². The van der Waals surface area contributed by atoms with Crippen LogP contribution < -0.4 is 11.1 Å². The van der Waals surface area contributed by atoms with E-state index >= 15 is 0 Å². The highest BCUT2D eigenvalue weighted by atomic mass is 32.1. The van der Waals surface area contributed by atoms with Crippen molar-refractivity contribution in [2.45, 2.75) is 40.2 Å². The summed E-state index contributed by atoms with van der Waals surface area (Å²) in [6.45, 7) is 8.55. The number of nitrogens with two attached hydrogens (primary N) is 1. The number of thiocarbonyl (C=S) groups is 1. The van der Waals surface area contributed by atoms with Gasteiger partial charge in [0.2, 0.25) is 0 Å². The molecule has 0 amide bonds. The van der Waals surface area contributed by atoms with E-state index in [1.165, 1.54) is 0 Å². The first-order chi connectivity index (χ1) is 7.91. The number of nitrogens with zero attached hydrogens (tertiary/aromatic N) is 1. The van der Waals surface area contributed by atoms with E-state index in [0.717, 1.165) is 23.4 Å². The Bertz CT molecular complexity index is 402. The number of nitrogens with one attached hydrogen (secondary N) is 1. The van der Waals surface area contributed by atoms with Crippen LogP contribution in [-0.4, -0.2) is 16.0 Å². The third-order valence-electron chi connectivity index (χ3n) is 2.61. The molecule has 0 spiro atoms. The Hall–Kier alpha value is -1.16. The molecule has 1 aromatic rings. The van der Waals surface area contributed by atoms with Gasteiger partial charge in [-0.3, -0.25) is 0 Å². The zero-order chi connectivity index (χ0) is 13.0. The molecule has 17 heavy (non-hydrogen) atoms. The lowest BCUT2D eigenvalue weighted by molar-refractivity contribution is 0.539. The van der Waals surface area contributed by atoms with Gasteiger partial charge in [0.1, 0.15) is 10.8 Å². The Morgan fingerprint density at radius 3 is 2.65 bits per heavy atom. The van der Waals surface area contributed by atoms with Crippen LogP contribution in [0.25, 0.3) is 0 Å². The summed E-state index contributed by atoms with van der Waals surface area (Å²) in [5.74, 6) is 1.45. The van der Waals surface area contributed by atoms with Gasteiger partial charge in [-0.1, -0.05) is 26.1 Å². The first-order valence-corrected chi connectivity index (χ1v) is 6.34. The number of hydrogen-bond donors (Lipinski definition) is 2. The van der Waals surface area contributed by atoms with Crippen molar-refractivity contribution in [1.82, 2.24) is 4.98 Å². The van der Waals surface area contributed by atoms with Gasteiger partial charge in [-0.15, -0.1) is 0 Å². The number of rotatable bonds is 5. The van der Waals surface area contributed by atoms with Gasteiger partial charge in [0.05, 0.1) is 5.56 Å². The second kappa shape index (κ2) is 5.96. The molecule has 0 aliphatic heterocycles. The quantitative estimate of drug-likeness (QED) is 0.790. The van der Waals surface area contributed by atoms with Gasteiger partial charge in [0.25, 0.3) is 0 Å². The standard InChI is InChI=1S/C13H21N3S/c1-8(2)7-10(4)16-13-11(12(14)17)9(3)5-6-15-13/h5-6,8,10H,7H2,1-4H3,(H2,14,17)(H,15,16). The van der Waals surface area contributed by atoms with E-state index in [1.54, 1.807) is 6.20 Å². The van der Waals surface area contributed by atoms with Crippen LogP contribution in [0.15, 0.2) is 12.3 Å². The second-order valence-corrected chi connectivity index (χ2v) is 5.33. The highest BCUT2D eigenvalue weighted by Gasteiger charge is 2.12. The molecule has 1 atom stereocenters. The summed E-state index contributed by atoms with van der Waals surface area (Å²) in [4.78, 5) is 4.73. The summed E-state index contributed by atoms with van der Waals surface area (Å²) in [7, 11) is 0. The minimum absolute atomic E-state index is 0.359. The molecule has 0 fully saturated rings. The molecule has 0 aliphatic carbocycles. The number of aryl methyl sites for hydroxylation is 1. The Kier molecular flexibility index (Phi) is 4.87. The van der Waals surface area contributed by atoms with Crippen molar-refractivity contribution >= 4 is 23.0 Å². The van der Waals surface area contributed by atoms with E-state index < -0.39 is 0 Å². The predicted octanol–water partition coefficient (Wildman–Crippen LogP) is 2.87. The minimum Gasteiger partial charge on any atom is -0.389 e. The van der Waals surface area contributed by atoms with Gasteiger partial charge in [-0.2, -0.15) is 0 Å². The molecule has 1 unspecified atom stereocenters. The number of pyridine rings is 1. The third-order valence-corrected chi connectivity index (χ3v) is 2.82. The van der Waals surface area contributed by atoms with Gasteiger partial charge < -0.3 is 11.1 Å². The predicted molar refractivity (Wildman–Crippen MR) is 77.4 cm³/mol. The van der Waals surface area contributed by atoms with Crippen molar-refractivity contribution in [3.8, 4) is 0 Å². The van der Waals surface area contributed by atoms with E-state index in [9.17, 15) is 0 Å². The van der Waals surface area contributed by atoms with Gasteiger partial charge >= 0.3 is 0 Å². The van der Waals surface area contributed by atoms with Crippen LogP contribution in [0.5, 0.6) is 0 Å². The van der Waals surface area contributed by atoms with E-state index in [-0.39, 0.29) is 0 Å². The van der Waals surface area contributed by atoms with Crippen LogP contribution in [-0.2, 0) is 0 Å². The third kappa shape index (κ3) is 3.97. The van der Waals surface area contributed by atoms with E-state index in [1.807, 2.05) is 13.0 Å². The molecule has 0 saturated carbocycles. The lowest BCUT2D eigenvalue weighted by Gasteiger charge is -2.19. The second-order valence-electron chi connectivity index (χ2n) is 4.89. The molecular weight excluding hydrogens is 230 g/mol. The maximum absolute atomic E-state index is 5.74. The van der Waals surface area contributed by atoms with Crippen LogP contribution in [0.4, 0.5) is 5.82 Å². The first kappa shape index (κ1) is 13.9. The molecule has 0 saturated heterocycles. The van der Waals surface area contributed by atoms with Crippen LogP contribution >= 0.6 is 12.2 Å². The van der Waals surface area contributed by atoms with Gasteiger partial charge in [-0.05, 0) is 37.8 Å². The molecule has 94 valence electrons. The van der Waals surface area contributed by atoms with Crippen LogP contribution in [0.3, 0.4) is 0 Å². The Morgan fingerprint density at radius 1 is 1.47 bits per heavy atom. The number of hydrogen-bond acceptors (Lipinski definition) is 3. The highest BCUT2D eigenvalue weighted by molar-refractivity contribution is 7.80. The van der Waals surface area contributed by atoms with Gasteiger partial charge in [0, 0.05) is 12.2 Å². The Balaban J connectivity index is 2.91. The zero-order valence-corrected chi connectivity index (χ0v) is 11.8. The van der Waals surface area contributed by atoms with Crippen LogP contribution in [0.1, 0.15) is 38.3 Å². The normalized spacial score (nSPS) is 12.5. The van der Waals surface area contributed by atoms with Gasteiger partial charge in [0.15, 0.2) is 0 Å². The fraction of sp³-hybridized carbons (Fsp3) is 0.538. The number of aromatic nitrogens is 1. The minimum atomic E-state index is 0.359. The molecule has 0 bridgehead atoms. The monoisotopic (exact) mass is 251 g/mol. The fourth-order valence-electron chi connectivity index (χ4n) is 1.98. The maximum atomic E-state index is 5.74. The molecule has 3 N–H and O–H groups in total. The molecule has 1 aromatic heterocycles. The van der Waals surface area contributed by atoms with Crippen molar-refractivity contribution in [3.63, 3.8) is 0 Å². The van der Waals surface area contributed by atoms with Crippen LogP contribution in [0, 0.1) is 12.8 Å². The summed E-state index contributed by atoms with van der Waals surface area (Å²) < 4.78 is 0. The summed E-state index contributed by atoms with van der Waals surface area (Å²) in [5, 5.41) is 3.39. The Labute approximate surface area is 109 Å². The largest absolute Gasteiger partial charge is 0.389 e. The van der Waals surface area contributed by atoms with Crippen molar-refractivity contribution in [2.75, 3.05) is 5.32 Å². The summed E-state index contributed by atoms with van der Waals surface area (Å²) in [5.41, 5.74) is 7.66. The maximum Gasteiger partial charge on any atom is 0.136 e. The fourth-order valence-corrected chi connectivity index (χ4v) is 2.24. The van der Waals surface area contributed by atoms with Crippen molar-refractivity contribution in [3.05, 3.63) is 23.4 Å². The zero-order valence-electron chi connectivity index (χ0n) is 10.9. The molecular formula is C13H21N3S. The Morgan fingerprint density at radius 2 is 2.12 bits per heavy atom. The van der Waals surface area contributed by atoms with Crippen molar-refractivity contribution in [2.24, 2.45) is 11.7 Å². The number of anilines is 1. The van der Waals surface area contributed by atoms with Gasteiger partial charge in [-0.25, -0.2) is 4.98 Å². The van der Waals surface area contributed by atoms with E-state index in [2.05, 4.69) is 31.1 Å².